The number of nitrogens with one attached hydrogen (secondary N) is 1. The molecule has 1 atom stereocenters. The number of anilines is 1. The van der Waals surface area contributed by atoms with Gasteiger partial charge in [-0.15, -0.1) is 5.10 Å². The lowest BCUT2D eigenvalue weighted by Gasteiger charge is -2.32. The summed E-state index contributed by atoms with van der Waals surface area (Å²) in [6.07, 6.45) is 9.53. The number of imidazole rings is 1. The maximum Gasteiger partial charge on any atom is 0.319 e. The molecule has 5 rings (SSSR count). The number of rotatable bonds is 6. The quantitative estimate of drug-likeness (QED) is 0.446. The van der Waals surface area contributed by atoms with Gasteiger partial charge in [0.1, 0.15) is 11.7 Å². The highest BCUT2D eigenvalue weighted by Gasteiger charge is 2.36. The minimum atomic E-state index is -0.251. The maximum absolute atomic E-state index is 6.07. The summed E-state index contributed by atoms with van der Waals surface area (Å²) in [5.41, 5.74) is 5.84. The molecule has 0 amide bonds. The van der Waals surface area contributed by atoms with E-state index in [9.17, 15) is 0 Å². The molecule has 33 heavy (non-hydrogen) atoms. The van der Waals surface area contributed by atoms with Crippen LogP contribution < -0.4 is 4.90 Å². The van der Waals surface area contributed by atoms with Crippen LogP contribution in [-0.4, -0.2) is 42.5 Å². The van der Waals surface area contributed by atoms with E-state index in [0.717, 1.165) is 29.0 Å². The van der Waals surface area contributed by atoms with Crippen molar-refractivity contribution in [3.8, 4) is 0 Å². The summed E-state index contributed by atoms with van der Waals surface area (Å²) in [6, 6.07) is 6.48. The van der Waals surface area contributed by atoms with Gasteiger partial charge < -0.3 is 14.3 Å². The van der Waals surface area contributed by atoms with Gasteiger partial charge in [0.2, 0.25) is 0 Å². The first-order valence-corrected chi connectivity index (χ1v) is 11.0. The van der Waals surface area contributed by atoms with E-state index >= 15 is 0 Å². The van der Waals surface area contributed by atoms with Gasteiger partial charge in [0.05, 0.1) is 23.2 Å². The number of allylic oxidation sites excluding steroid dienone is 2. The van der Waals surface area contributed by atoms with Crippen LogP contribution in [0.3, 0.4) is 0 Å². The normalized spacial score (nSPS) is 16.8. The van der Waals surface area contributed by atoms with Crippen LogP contribution in [0, 0.1) is 0 Å². The predicted molar refractivity (Wildman–Crippen MR) is 127 cm³/mol. The molecule has 0 aromatic carbocycles. The summed E-state index contributed by atoms with van der Waals surface area (Å²) in [6.45, 7) is 10.6. The van der Waals surface area contributed by atoms with E-state index in [1.54, 1.807) is 18.6 Å². The summed E-state index contributed by atoms with van der Waals surface area (Å²) >= 11 is 0. The molecule has 1 N–H and O–H groups in total. The van der Waals surface area contributed by atoms with Crippen molar-refractivity contribution >= 4 is 23.4 Å². The molecule has 0 aliphatic carbocycles. The molecule has 0 unspecified atom stereocenters. The van der Waals surface area contributed by atoms with Gasteiger partial charge >= 0.3 is 6.01 Å². The Labute approximate surface area is 191 Å². The SMILES string of the molecule is C=CC=N/C(=C\C)c1nnc(N2CCc3[nH]cnc3[C@H]2c2cc3c(C(C)C)cccn3n2)o1. The van der Waals surface area contributed by atoms with E-state index in [-0.39, 0.29) is 6.04 Å². The Morgan fingerprint density at radius 3 is 3.03 bits per heavy atom. The molecule has 0 spiro atoms. The average molecular weight is 443 g/mol. The van der Waals surface area contributed by atoms with Crippen LogP contribution in [-0.2, 0) is 6.42 Å². The fraction of sp³-hybridized carbons (Fsp3) is 0.292. The van der Waals surface area contributed by atoms with Crippen molar-refractivity contribution in [3.05, 3.63) is 78.0 Å². The van der Waals surface area contributed by atoms with E-state index in [4.69, 9.17) is 9.52 Å². The molecule has 0 bridgehead atoms. The van der Waals surface area contributed by atoms with Crippen molar-refractivity contribution in [3.63, 3.8) is 0 Å². The van der Waals surface area contributed by atoms with Crippen molar-refractivity contribution in [1.29, 1.82) is 0 Å². The summed E-state index contributed by atoms with van der Waals surface area (Å²) in [7, 11) is 0. The van der Waals surface area contributed by atoms with Gasteiger partial charge in [0, 0.05) is 31.1 Å². The molecule has 168 valence electrons. The van der Waals surface area contributed by atoms with Crippen molar-refractivity contribution in [2.75, 3.05) is 11.4 Å². The van der Waals surface area contributed by atoms with Gasteiger partial charge in [0.15, 0.2) is 0 Å². The summed E-state index contributed by atoms with van der Waals surface area (Å²) in [5, 5.41) is 13.5. The van der Waals surface area contributed by atoms with Crippen LogP contribution in [0.4, 0.5) is 6.01 Å². The van der Waals surface area contributed by atoms with E-state index < -0.39 is 0 Å². The molecular weight excluding hydrogens is 416 g/mol. The third kappa shape index (κ3) is 3.65. The molecule has 9 heteroatoms. The highest BCUT2D eigenvalue weighted by Crippen LogP contribution is 2.37. The molecule has 0 saturated carbocycles. The fourth-order valence-electron chi connectivity index (χ4n) is 4.28. The number of fused-ring (bicyclic) bond motifs is 2. The minimum Gasteiger partial charge on any atom is -0.402 e. The first-order valence-electron chi connectivity index (χ1n) is 11.0. The van der Waals surface area contributed by atoms with Crippen LogP contribution in [0.1, 0.15) is 61.3 Å². The molecule has 4 aromatic rings. The topological polar surface area (TPSA) is 100 Å². The molecule has 0 fully saturated rings. The van der Waals surface area contributed by atoms with Gasteiger partial charge in [-0.05, 0) is 30.5 Å². The highest BCUT2D eigenvalue weighted by molar-refractivity contribution is 5.77. The van der Waals surface area contributed by atoms with Crippen molar-refractivity contribution in [2.45, 2.75) is 39.2 Å². The second-order valence-electron chi connectivity index (χ2n) is 8.21. The van der Waals surface area contributed by atoms with Crippen LogP contribution in [0.15, 0.2) is 58.9 Å². The Bertz CT molecular complexity index is 1360. The monoisotopic (exact) mass is 442 g/mol. The average Bonchev–Trinajstić information content (AvgIpc) is 3.57. The van der Waals surface area contributed by atoms with Gasteiger partial charge in [-0.1, -0.05) is 43.7 Å². The molecule has 4 aromatic heterocycles. The van der Waals surface area contributed by atoms with E-state index in [1.807, 2.05) is 29.8 Å². The second kappa shape index (κ2) is 8.50. The third-order valence-electron chi connectivity index (χ3n) is 5.85. The molecule has 5 heterocycles. The highest BCUT2D eigenvalue weighted by atomic mass is 16.4. The lowest BCUT2D eigenvalue weighted by molar-refractivity contribution is 0.487. The molecule has 0 saturated heterocycles. The van der Waals surface area contributed by atoms with Crippen LogP contribution in [0.5, 0.6) is 0 Å². The predicted octanol–water partition coefficient (Wildman–Crippen LogP) is 4.33. The van der Waals surface area contributed by atoms with E-state index in [2.05, 4.69) is 62.6 Å². The van der Waals surface area contributed by atoms with Crippen molar-refractivity contribution < 1.29 is 4.42 Å². The molecule has 1 aliphatic heterocycles. The first-order chi connectivity index (χ1) is 16.1. The largest absolute Gasteiger partial charge is 0.402 e. The Hall–Kier alpha value is -4.01. The lowest BCUT2D eigenvalue weighted by Crippen LogP contribution is -2.36. The van der Waals surface area contributed by atoms with Crippen LogP contribution >= 0.6 is 0 Å². The zero-order valence-electron chi connectivity index (χ0n) is 18.9. The van der Waals surface area contributed by atoms with Gasteiger partial charge in [-0.3, -0.25) is 4.99 Å². The van der Waals surface area contributed by atoms with Gasteiger partial charge in [-0.25, -0.2) is 9.50 Å². The first kappa shape index (κ1) is 20.9. The number of H-pyrrole nitrogens is 1. The van der Waals surface area contributed by atoms with Crippen LogP contribution in [0.2, 0.25) is 0 Å². The third-order valence-corrected chi connectivity index (χ3v) is 5.85. The summed E-state index contributed by atoms with van der Waals surface area (Å²) < 4.78 is 8.00. The molecule has 0 radical (unpaired) electrons. The Morgan fingerprint density at radius 1 is 1.36 bits per heavy atom. The van der Waals surface area contributed by atoms with E-state index in [0.29, 0.717) is 30.1 Å². The van der Waals surface area contributed by atoms with E-state index in [1.165, 1.54) is 5.56 Å². The number of hydrogen-bond donors (Lipinski definition) is 1. The number of pyridine rings is 1. The minimum absolute atomic E-state index is 0.251. The number of aromatic amines is 1. The number of aromatic nitrogens is 6. The zero-order valence-corrected chi connectivity index (χ0v) is 18.9. The smallest absolute Gasteiger partial charge is 0.319 e. The molecule has 1 aliphatic rings. The summed E-state index contributed by atoms with van der Waals surface area (Å²) in [5.74, 6) is 0.741. The second-order valence-corrected chi connectivity index (χ2v) is 8.21. The Kier molecular flexibility index (Phi) is 5.37. The fourth-order valence-corrected chi connectivity index (χ4v) is 4.28. The lowest BCUT2D eigenvalue weighted by atomic mass is 9.99. The zero-order chi connectivity index (χ0) is 22.9. The van der Waals surface area contributed by atoms with Crippen molar-refractivity contribution in [2.24, 2.45) is 4.99 Å². The van der Waals surface area contributed by atoms with Crippen molar-refractivity contribution in [1.82, 2.24) is 29.8 Å². The Balaban J connectivity index is 1.59. The maximum atomic E-state index is 6.07. The number of aliphatic imine (C=N–C) groups is 1. The van der Waals surface area contributed by atoms with Crippen LogP contribution in [0.25, 0.3) is 11.2 Å². The Morgan fingerprint density at radius 2 is 2.24 bits per heavy atom. The standard InChI is InChI=1S/C24H26N8O/c1-5-10-25-17(6-2)23-28-29-24(33-23)31-12-9-18-21(27-14-26-18)22(31)19-13-20-16(15(3)4)8-7-11-32(20)30-19/h5-8,10-11,13-15,22H,1,9,12H2,2-4H3,(H,26,27)/b17-6-,25-10?/t22-/m1/s1. The summed E-state index contributed by atoms with van der Waals surface area (Å²) in [4.78, 5) is 14.3. The molecule has 9 nitrogen and oxygen atoms in total. The molecular formula is C24H26N8O. The number of hydrogen-bond acceptors (Lipinski definition) is 7. The van der Waals surface area contributed by atoms with Gasteiger partial charge in [0.25, 0.3) is 5.89 Å². The van der Waals surface area contributed by atoms with Gasteiger partial charge in [-0.2, -0.15) is 5.10 Å². The number of nitrogens with zero attached hydrogens (tertiary/aromatic N) is 7.